The number of nitrogens with zero attached hydrogens (tertiary/aromatic N) is 2. The molecule has 3 aromatic rings. The molecule has 3 nitrogen and oxygen atoms in total. The van der Waals surface area contributed by atoms with Gasteiger partial charge in [-0.2, -0.15) is 0 Å². The minimum atomic E-state index is 0.607. The van der Waals surface area contributed by atoms with Crippen molar-refractivity contribution in [3.63, 3.8) is 0 Å². The molecule has 4 heteroatoms. The highest BCUT2D eigenvalue weighted by atomic mass is 35.5. The average Bonchev–Trinajstić information content (AvgIpc) is 2.89. The van der Waals surface area contributed by atoms with Crippen molar-refractivity contribution in [2.75, 3.05) is 5.73 Å². The van der Waals surface area contributed by atoms with Gasteiger partial charge in [-0.15, -0.1) is 0 Å². The number of hydrogen-bond donors (Lipinski definition) is 1. The number of nitrogen functional groups attached to an aromatic ring is 1. The van der Waals surface area contributed by atoms with E-state index in [4.69, 9.17) is 17.3 Å². The van der Waals surface area contributed by atoms with E-state index in [-0.39, 0.29) is 0 Å². The second kappa shape index (κ2) is 4.78. The van der Waals surface area contributed by atoms with Crippen LogP contribution in [0.25, 0.3) is 17.1 Å². The number of halogens is 1. The fourth-order valence-electron chi connectivity index (χ4n) is 2.02. The van der Waals surface area contributed by atoms with Crippen LogP contribution < -0.4 is 5.73 Å². The van der Waals surface area contributed by atoms with Gasteiger partial charge >= 0.3 is 0 Å². The highest BCUT2D eigenvalue weighted by Gasteiger charge is 2.10. The van der Waals surface area contributed by atoms with E-state index < -0.39 is 0 Å². The van der Waals surface area contributed by atoms with Crippen molar-refractivity contribution < 1.29 is 0 Å². The topological polar surface area (TPSA) is 43.8 Å². The van der Waals surface area contributed by atoms with Crippen LogP contribution in [0.3, 0.4) is 0 Å². The molecule has 1 aromatic heterocycles. The number of aromatic nitrogens is 2. The van der Waals surface area contributed by atoms with E-state index in [9.17, 15) is 0 Å². The van der Waals surface area contributed by atoms with Crippen LogP contribution in [0, 0.1) is 0 Å². The minimum absolute atomic E-state index is 0.607. The Bertz CT molecular complexity index is 704. The molecule has 19 heavy (non-hydrogen) atoms. The first-order valence-electron chi connectivity index (χ1n) is 5.90. The van der Waals surface area contributed by atoms with E-state index in [0.29, 0.717) is 10.7 Å². The first-order valence-corrected chi connectivity index (χ1v) is 6.27. The van der Waals surface area contributed by atoms with E-state index >= 15 is 0 Å². The molecule has 0 amide bonds. The molecule has 0 aliphatic carbocycles. The Hall–Kier alpha value is -2.26. The van der Waals surface area contributed by atoms with Gasteiger partial charge in [0.2, 0.25) is 0 Å². The highest BCUT2D eigenvalue weighted by Crippen LogP contribution is 2.27. The van der Waals surface area contributed by atoms with Crippen LogP contribution in [0.4, 0.5) is 5.69 Å². The van der Waals surface area contributed by atoms with E-state index in [1.54, 1.807) is 12.3 Å². The quantitative estimate of drug-likeness (QED) is 0.720. The van der Waals surface area contributed by atoms with Crippen molar-refractivity contribution in [2.24, 2.45) is 0 Å². The lowest BCUT2D eigenvalue weighted by atomic mass is 10.2. The van der Waals surface area contributed by atoms with Crippen LogP contribution in [-0.4, -0.2) is 9.55 Å². The van der Waals surface area contributed by atoms with Gasteiger partial charge in [0.15, 0.2) is 0 Å². The van der Waals surface area contributed by atoms with Gasteiger partial charge in [-0.1, -0.05) is 41.9 Å². The second-order valence-electron chi connectivity index (χ2n) is 4.20. The second-order valence-corrected chi connectivity index (χ2v) is 4.60. The number of anilines is 1. The Morgan fingerprint density at radius 3 is 2.58 bits per heavy atom. The SMILES string of the molecule is Nc1ccc(-n2ccnc2-c2ccccc2)c(Cl)c1. The number of nitrogens with two attached hydrogens (primary N) is 1. The first-order chi connectivity index (χ1) is 9.25. The van der Waals surface area contributed by atoms with Crippen LogP contribution in [0.15, 0.2) is 60.9 Å². The molecule has 94 valence electrons. The maximum absolute atomic E-state index is 6.25. The van der Waals surface area contributed by atoms with Gasteiger partial charge < -0.3 is 5.73 Å². The van der Waals surface area contributed by atoms with Crippen molar-refractivity contribution in [2.45, 2.75) is 0 Å². The summed E-state index contributed by atoms with van der Waals surface area (Å²) in [4.78, 5) is 4.40. The van der Waals surface area contributed by atoms with E-state index in [1.807, 2.05) is 53.2 Å². The van der Waals surface area contributed by atoms with Crippen molar-refractivity contribution in [3.8, 4) is 17.1 Å². The van der Waals surface area contributed by atoms with Gasteiger partial charge in [0.25, 0.3) is 0 Å². The molecular formula is C15H12ClN3. The molecule has 0 saturated heterocycles. The highest BCUT2D eigenvalue weighted by molar-refractivity contribution is 6.32. The van der Waals surface area contributed by atoms with Crippen molar-refractivity contribution >= 4 is 17.3 Å². The van der Waals surface area contributed by atoms with Gasteiger partial charge in [-0.05, 0) is 18.2 Å². The van der Waals surface area contributed by atoms with Crippen LogP contribution in [0.5, 0.6) is 0 Å². The fraction of sp³-hybridized carbons (Fsp3) is 0. The molecule has 3 rings (SSSR count). The normalized spacial score (nSPS) is 10.6. The predicted molar refractivity (Wildman–Crippen MR) is 78.4 cm³/mol. The Morgan fingerprint density at radius 1 is 1.05 bits per heavy atom. The van der Waals surface area contributed by atoms with Crippen molar-refractivity contribution in [3.05, 3.63) is 65.9 Å². The number of imidazole rings is 1. The summed E-state index contributed by atoms with van der Waals surface area (Å²) in [6.45, 7) is 0. The standard InChI is InChI=1S/C15H12ClN3/c16-13-10-12(17)6-7-14(13)19-9-8-18-15(19)11-4-2-1-3-5-11/h1-10H,17H2. The Balaban J connectivity index is 2.15. The summed E-state index contributed by atoms with van der Waals surface area (Å²) in [6.07, 6.45) is 3.65. The molecule has 0 bridgehead atoms. The third-order valence-corrected chi connectivity index (χ3v) is 3.21. The average molecular weight is 270 g/mol. The number of benzene rings is 2. The molecule has 0 aliphatic rings. The predicted octanol–water partition coefficient (Wildman–Crippen LogP) is 3.77. The fourth-order valence-corrected chi connectivity index (χ4v) is 2.30. The molecule has 0 fully saturated rings. The van der Waals surface area contributed by atoms with Crippen LogP contribution in [0.1, 0.15) is 0 Å². The summed E-state index contributed by atoms with van der Waals surface area (Å²) in [5, 5.41) is 0.607. The molecule has 0 saturated carbocycles. The zero-order chi connectivity index (χ0) is 13.2. The van der Waals surface area contributed by atoms with Gasteiger partial charge in [0, 0.05) is 23.6 Å². The molecule has 0 unspecified atom stereocenters. The van der Waals surface area contributed by atoms with Crippen LogP contribution >= 0.6 is 11.6 Å². The molecule has 2 aromatic carbocycles. The van der Waals surface area contributed by atoms with Gasteiger partial charge in [0.1, 0.15) is 5.82 Å². The Morgan fingerprint density at radius 2 is 1.84 bits per heavy atom. The summed E-state index contributed by atoms with van der Waals surface area (Å²) in [7, 11) is 0. The molecular weight excluding hydrogens is 258 g/mol. The molecule has 1 heterocycles. The Kier molecular flexibility index (Phi) is 2.97. The number of hydrogen-bond acceptors (Lipinski definition) is 2. The largest absolute Gasteiger partial charge is 0.399 e. The summed E-state index contributed by atoms with van der Waals surface area (Å²) >= 11 is 6.25. The van der Waals surface area contributed by atoms with Gasteiger partial charge in [0.05, 0.1) is 10.7 Å². The zero-order valence-corrected chi connectivity index (χ0v) is 10.9. The van der Waals surface area contributed by atoms with Crippen LogP contribution in [0.2, 0.25) is 5.02 Å². The van der Waals surface area contributed by atoms with Crippen molar-refractivity contribution in [1.29, 1.82) is 0 Å². The molecule has 0 aliphatic heterocycles. The summed E-state index contributed by atoms with van der Waals surface area (Å²) in [6, 6.07) is 15.5. The lowest BCUT2D eigenvalue weighted by molar-refractivity contribution is 1.07. The summed E-state index contributed by atoms with van der Waals surface area (Å²) < 4.78 is 1.96. The first kappa shape index (κ1) is 11.8. The van der Waals surface area contributed by atoms with E-state index in [2.05, 4.69) is 4.98 Å². The molecule has 0 atom stereocenters. The molecule has 2 N–H and O–H groups in total. The van der Waals surface area contributed by atoms with E-state index in [1.165, 1.54) is 0 Å². The Labute approximate surface area is 116 Å². The molecule has 0 radical (unpaired) electrons. The summed E-state index contributed by atoms with van der Waals surface area (Å²) in [5.74, 6) is 0.854. The lowest BCUT2D eigenvalue weighted by Gasteiger charge is -2.10. The van der Waals surface area contributed by atoms with Crippen molar-refractivity contribution in [1.82, 2.24) is 9.55 Å². The van der Waals surface area contributed by atoms with E-state index in [0.717, 1.165) is 17.1 Å². The maximum atomic E-state index is 6.25. The summed E-state index contributed by atoms with van der Waals surface area (Å²) in [5.41, 5.74) is 8.28. The minimum Gasteiger partial charge on any atom is -0.399 e. The van der Waals surface area contributed by atoms with Gasteiger partial charge in [-0.25, -0.2) is 4.98 Å². The smallest absolute Gasteiger partial charge is 0.144 e. The third kappa shape index (κ3) is 2.20. The molecule has 0 spiro atoms. The van der Waals surface area contributed by atoms with Crippen LogP contribution in [-0.2, 0) is 0 Å². The maximum Gasteiger partial charge on any atom is 0.144 e. The number of rotatable bonds is 2. The zero-order valence-electron chi connectivity index (χ0n) is 10.1. The monoisotopic (exact) mass is 269 g/mol. The van der Waals surface area contributed by atoms with Gasteiger partial charge in [-0.3, -0.25) is 4.57 Å². The third-order valence-electron chi connectivity index (χ3n) is 2.90. The lowest BCUT2D eigenvalue weighted by Crippen LogP contribution is -1.98.